The highest BCUT2D eigenvalue weighted by Crippen LogP contribution is 2.25. The van der Waals surface area contributed by atoms with Crippen LogP contribution in [0.2, 0.25) is 0 Å². The molecule has 0 bridgehead atoms. The molecule has 0 aliphatic carbocycles. The van der Waals surface area contributed by atoms with E-state index in [1.165, 1.54) is 0 Å². The molecule has 4 nitrogen and oxygen atoms in total. The molecule has 0 amide bonds. The quantitative estimate of drug-likeness (QED) is 0.738. The van der Waals surface area contributed by atoms with Gasteiger partial charge in [0.1, 0.15) is 24.2 Å². The van der Waals surface area contributed by atoms with Crippen molar-refractivity contribution in [3.63, 3.8) is 0 Å². The summed E-state index contributed by atoms with van der Waals surface area (Å²) in [4.78, 5) is 14.8. The van der Waals surface area contributed by atoms with Crippen LogP contribution in [0.25, 0.3) is 0 Å². The van der Waals surface area contributed by atoms with Crippen molar-refractivity contribution in [2.75, 3.05) is 0 Å². The van der Waals surface area contributed by atoms with E-state index in [1.807, 2.05) is 34.9 Å². The molecule has 0 unspecified atom stereocenters. The van der Waals surface area contributed by atoms with Crippen molar-refractivity contribution in [3.8, 4) is 0 Å². The van der Waals surface area contributed by atoms with Gasteiger partial charge in [0.15, 0.2) is 6.29 Å². The Balaban J connectivity index is 1.87. The molecule has 86 valence electrons. The molecule has 2 heterocycles. The van der Waals surface area contributed by atoms with Gasteiger partial charge in [-0.1, -0.05) is 30.3 Å². The maximum absolute atomic E-state index is 10.7. The zero-order valence-corrected chi connectivity index (χ0v) is 9.24. The fourth-order valence-corrected chi connectivity index (χ4v) is 2.08. The molecule has 0 radical (unpaired) electrons. The third-order valence-corrected chi connectivity index (χ3v) is 2.95. The number of benzene rings is 1. The Morgan fingerprint density at radius 2 is 2.18 bits per heavy atom. The van der Waals surface area contributed by atoms with Crippen LogP contribution in [0, 0.1) is 0 Å². The molecule has 1 aromatic carbocycles. The molecule has 0 spiro atoms. The van der Waals surface area contributed by atoms with Gasteiger partial charge in [-0.15, -0.1) is 0 Å². The summed E-state index contributed by atoms with van der Waals surface area (Å²) in [6, 6.07) is 10.1. The second-order valence-corrected chi connectivity index (χ2v) is 4.06. The Morgan fingerprint density at radius 3 is 2.94 bits per heavy atom. The third-order valence-electron chi connectivity index (χ3n) is 2.95. The van der Waals surface area contributed by atoms with Crippen LogP contribution in [0.3, 0.4) is 0 Å². The molecule has 2 aromatic rings. The normalized spacial score (nSPS) is 18.7. The second-order valence-electron chi connectivity index (χ2n) is 4.06. The minimum atomic E-state index is 0.0393. The molecular weight excluding hydrogens is 216 g/mol. The SMILES string of the molecule is O=Cc1cn2c(n1)CO[C@@H](c1ccccc1)C2. The first-order chi connectivity index (χ1) is 8.36. The van der Waals surface area contributed by atoms with Crippen molar-refractivity contribution >= 4 is 6.29 Å². The van der Waals surface area contributed by atoms with Crippen LogP contribution >= 0.6 is 0 Å². The molecular formula is C13H12N2O2. The molecule has 0 fully saturated rings. The number of fused-ring (bicyclic) bond motifs is 1. The number of aldehydes is 1. The number of rotatable bonds is 2. The number of hydrogen-bond donors (Lipinski definition) is 0. The summed E-state index contributed by atoms with van der Waals surface area (Å²) in [7, 11) is 0. The van der Waals surface area contributed by atoms with Crippen LogP contribution in [0.15, 0.2) is 36.5 Å². The van der Waals surface area contributed by atoms with Crippen molar-refractivity contribution in [2.24, 2.45) is 0 Å². The average Bonchev–Trinajstić information content (AvgIpc) is 2.81. The fraction of sp³-hybridized carbons (Fsp3) is 0.231. The first-order valence-corrected chi connectivity index (χ1v) is 5.54. The van der Waals surface area contributed by atoms with Crippen LogP contribution in [0.1, 0.15) is 28.0 Å². The van der Waals surface area contributed by atoms with Crippen LogP contribution in [-0.4, -0.2) is 15.8 Å². The molecule has 3 rings (SSSR count). The van der Waals surface area contributed by atoms with Crippen molar-refractivity contribution in [1.82, 2.24) is 9.55 Å². The largest absolute Gasteiger partial charge is 0.364 e. The van der Waals surface area contributed by atoms with E-state index in [2.05, 4.69) is 4.98 Å². The minimum Gasteiger partial charge on any atom is -0.364 e. The van der Waals surface area contributed by atoms with E-state index in [1.54, 1.807) is 6.20 Å². The lowest BCUT2D eigenvalue weighted by Gasteiger charge is -2.24. The lowest BCUT2D eigenvalue weighted by Crippen LogP contribution is -2.20. The number of imidazole rings is 1. The molecule has 0 saturated carbocycles. The van der Waals surface area contributed by atoms with Crippen LogP contribution < -0.4 is 0 Å². The van der Waals surface area contributed by atoms with Crippen molar-refractivity contribution in [2.45, 2.75) is 19.3 Å². The summed E-state index contributed by atoms with van der Waals surface area (Å²) in [6.45, 7) is 1.16. The van der Waals surface area contributed by atoms with Gasteiger partial charge in [-0.25, -0.2) is 4.98 Å². The van der Waals surface area contributed by atoms with E-state index >= 15 is 0 Å². The summed E-state index contributed by atoms with van der Waals surface area (Å²) in [5.74, 6) is 0.819. The summed E-state index contributed by atoms with van der Waals surface area (Å²) in [6.07, 6.45) is 2.58. The summed E-state index contributed by atoms with van der Waals surface area (Å²) >= 11 is 0. The van der Waals surface area contributed by atoms with Gasteiger partial charge in [0.05, 0.1) is 6.54 Å². The monoisotopic (exact) mass is 228 g/mol. The Labute approximate surface area is 98.9 Å². The highest BCUT2D eigenvalue weighted by atomic mass is 16.5. The Morgan fingerprint density at radius 1 is 1.35 bits per heavy atom. The molecule has 17 heavy (non-hydrogen) atoms. The van der Waals surface area contributed by atoms with Gasteiger partial charge in [-0.05, 0) is 5.56 Å². The topological polar surface area (TPSA) is 44.1 Å². The minimum absolute atomic E-state index is 0.0393. The fourth-order valence-electron chi connectivity index (χ4n) is 2.08. The summed E-state index contributed by atoms with van der Waals surface area (Å²) < 4.78 is 7.74. The number of nitrogens with zero attached hydrogens (tertiary/aromatic N) is 2. The predicted octanol–water partition coefficient (Wildman–Crippen LogP) is 1.97. The van der Waals surface area contributed by atoms with Gasteiger partial charge in [-0.2, -0.15) is 0 Å². The number of carbonyl (C=O) groups is 1. The second kappa shape index (κ2) is 4.14. The summed E-state index contributed by atoms with van der Waals surface area (Å²) in [5.41, 5.74) is 1.62. The van der Waals surface area contributed by atoms with E-state index in [0.717, 1.165) is 17.7 Å². The first kappa shape index (κ1) is 10.2. The molecule has 4 heteroatoms. The van der Waals surface area contributed by atoms with E-state index in [9.17, 15) is 4.79 Å². The highest BCUT2D eigenvalue weighted by Gasteiger charge is 2.21. The molecule has 1 aliphatic heterocycles. The smallest absolute Gasteiger partial charge is 0.170 e. The number of hydrogen-bond acceptors (Lipinski definition) is 3. The zero-order valence-electron chi connectivity index (χ0n) is 9.24. The van der Waals surface area contributed by atoms with E-state index in [4.69, 9.17) is 4.74 Å². The molecule has 1 aliphatic rings. The first-order valence-electron chi connectivity index (χ1n) is 5.54. The van der Waals surface area contributed by atoms with Gasteiger partial charge in [-0.3, -0.25) is 4.79 Å². The van der Waals surface area contributed by atoms with Gasteiger partial charge in [0.25, 0.3) is 0 Å². The predicted molar refractivity (Wildman–Crippen MR) is 61.6 cm³/mol. The maximum atomic E-state index is 10.7. The van der Waals surface area contributed by atoms with Gasteiger partial charge >= 0.3 is 0 Å². The average molecular weight is 228 g/mol. The van der Waals surface area contributed by atoms with E-state index < -0.39 is 0 Å². The van der Waals surface area contributed by atoms with Crippen LogP contribution in [0.4, 0.5) is 0 Å². The van der Waals surface area contributed by atoms with Crippen molar-refractivity contribution in [3.05, 3.63) is 53.6 Å². The zero-order chi connectivity index (χ0) is 11.7. The van der Waals surface area contributed by atoms with Crippen LogP contribution in [-0.2, 0) is 17.9 Å². The lowest BCUT2D eigenvalue weighted by atomic mass is 10.1. The lowest BCUT2D eigenvalue weighted by molar-refractivity contribution is 0.000489. The molecule has 0 N–H and O–H groups in total. The molecule has 1 atom stereocenters. The highest BCUT2D eigenvalue weighted by molar-refractivity contribution is 5.71. The third kappa shape index (κ3) is 1.87. The Hall–Kier alpha value is -1.94. The standard InChI is InChI=1S/C13H12N2O2/c16-8-11-6-15-7-12(17-9-13(15)14-11)10-4-2-1-3-5-10/h1-6,8,12H,7,9H2/t12-/m1/s1. The Kier molecular flexibility index (Phi) is 2.49. The molecule has 1 aromatic heterocycles. The van der Waals surface area contributed by atoms with Crippen molar-refractivity contribution in [1.29, 1.82) is 0 Å². The van der Waals surface area contributed by atoms with Crippen LogP contribution in [0.5, 0.6) is 0 Å². The molecule has 0 saturated heterocycles. The summed E-state index contributed by atoms with van der Waals surface area (Å²) in [5, 5.41) is 0. The van der Waals surface area contributed by atoms with E-state index in [-0.39, 0.29) is 6.10 Å². The van der Waals surface area contributed by atoms with Crippen molar-refractivity contribution < 1.29 is 9.53 Å². The number of ether oxygens (including phenoxy) is 1. The van der Waals surface area contributed by atoms with Gasteiger partial charge < -0.3 is 9.30 Å². The van der Waals surface area contributed by atoms with E-state index in [0.29, 0.717) is 18.8 Å². The van der Waals surface area contributed by atoms with Gasteiger partial charge in [0.2, 0.25) is 0 Å². The van der Waals surface area contributed by atoms with Gasteiger partial charge in [0, 0.05) is 6.20 Å². The maximum Gasteiger partial charge on any atom is 0.170 e. The number of aromatic nitrogens is 2. The Bertz CT molecular complexity index is 534. The number of carbonyl (C=O) groups excluding carboxylic acids is 1.